The number of carbonyl (C=O) groups is 3. The summed E-state index contributed by atoms with van der Waals surface area (Å²) >= 11 is 1.30. The van der Waals surface area contributed by atoms with Gasteiger partial charge in [-0.25, -0.2) is 19.7 Å². The van der Waals surface area contributed by atoms with Crippen LogP contribution in [0.3, 0.4) is 0 Å². The minimum absolute atomic E-state index is 0.138. The molecule has 5 rings (SSSR count). The van der Waals surface area contributed by atoms with E-state index in [-0.39, 0.29) is 24.5 Å². The van der Waals surface area contributed by atoms with Gasteiger partial charge in [-0.05, 0) is 43.4 Å². The molecule has 9 nitrogen and oxygen atoms in total. The van der Waals surface area contributed by atoms with Crippen LogP contribution in [0.4, 0.5) is 15.7 Å². The van der Waals surface area contributed by atoms with Crippen LogP contribution in [0.1, 0.15) is 41.6 Å². The van der Waals surface area contributed by atoms with Crippen LogP contribution in [-0.4, -0.2) is 51.4 Å². The summed E-state index contributed by atoms with van der Waals surface area (Å²) in [5.41, 5.74) is 1.31. The number of rotatable bonds is 7. The van der Waals surface area contributed by atoms with E-state index in [4.69, 9.17) is 4.74 Å². The molecular weight excluding hydrogens is 466 g/mol. The van der Waals surface area contributed by atoms with Crippen molar-refractivity contribution in [2.45, 2.75) is 44.4 Å². The summed E-state index contributed by atoms with van der Waals surface area (Å²) in [5, 5.41) is 5.15. The predicted octanol–water partition coefficient (Wildman–Crippen LogP) is 3.90. The minimum Gasteiger partial charge on any atom is -0.445 e. The number of nitrogens with zero attached hydrogens (tertiary/aromatic N) is 4. The van der Waals surface area contributed by atoms with Gasteiger partial charge in [0.05, 0.1) is 5.56 Å². The number of carbonyl (C=O) groups excluding carboxylic acids is 3. The van der Waals surface area contributed by atoms with Crippen LogP contribution in [0.25, 0.3) is 0 Å². The molecule has 2 aromatic heterocycles. The smallest absolute Gasteiger partial charge is 0.410 e. The molecule has 10 heteroatoms. The number of thiazole rings is 1. The van der Waals surface area contributed by atoms with Gasteiger partial charge in [-0.1, -0.05) is 30.3 Å². The lowest BCUT2D eigenvalue weighted by molar-refractivity contribution is -0.121. The molecule has 1 atom stereocenters. The molecule has 2 aliphatic rings. The van der Waals surface area contributed by atoms with Gasteiger partial charge in [0.2, 0.25) is 0 Å². The van der Waals surface area contributed by atoms with Crippen molar-refractivity contribution in [3.63, 3.8) is 0 Å². The Hall–Kier alpha value is -3.79. The molecule has 1 aliphatic heterocycles. The van der Waals surface area contributed by atoms with Crippen LogP contribution in [0.2, 0.25) is 0 Å². The number of hydrogen-bond acceptors (Lipinski definition) is 7. The fourth-order valence-electron chi connectivity index (χ4n) is 3.97. The number of anilines is 2. The highest BCUT2D eigenvalue weighted by atomic mass is 32.1. The molecule has 0 radical (unpaired) electrons. The Labute approximate surface area is 206 Å². The van der Waals surface area contributed by atoms with Crippen LogP contribution < -0.4 is 10.2 Å². The van der Waals surface area contributed by atoms with Gasteiger partial charge in [-0.2, -0.15) is 0 Å². The molecule has 1 saturated carbocycles. The highest BCUT2D eigenvalue weighted by Gasteiger charge is 2.39. The van der Waals surface area contributed by atoms with Crippen molar-refractivity contribution in [1.29, 1.82) is 0 Å². The lowest BCUT2D eigenvalue weighted by Crippen LogP contribution is -2.46. The lowest BCUT2D eigenvalue weighted by atomic mass is 10.2. The number of aromatic nitrogens is 2. The predicted molar refractivity (Wildman–Crippen MR) is 130 cm³/mol. The zero-order valence-electron chi connectivity index (χ0n) is 19.0. The van der Waals surface area contributed by atoms with Crippen molar-refractivity contribution in [3.8, 4) is 0 Å². The van der Waals surface area contributed by atoms with Gasteiger partial charge in [-0.15, -0.1) is 11.3 Å². The van der Waals surface area contributed by atoms with Crippen molar-refractivity contribution >= 4 is 40.2 Å². The van der Waals surface area contributed by atoms with Gasteiger partial charge in [0.1, 0.15) is 18.5 Å². The molecular formula is C25H25N5O4S. The number of nitrogens with one attached hydrogen (secondary N) is 1. The first kappa shape index (κ1) is 23.0. The van der Waals surface area contributed by atoms with E-state index in [0.29, 0.717) is 35.9 Å². The molecule has 0 bridgehead atoms. The fraction of sp³-hybridized carbons (Fsp3) is 0.320. The van der Waals surface area contributed by atoms with Crippen LogP contribution in [-0.2, 0) is 16.1 Å². The maximum atomic E-state index is 13.7. The SMILES string of the molecule is O=C(NC1CC1)c1ccc(N(C(=O)C2CCCN2C(=O)OCc2ccccc2)c2nccs2)nc1. The summed E-state index contributed by atoms with van der Waals surface area (Å²) in [6.45, 7) is 0.572. The molecule has 1 aliphatic carbocycles. The third-order valence-corrected chi connectivity index (χ3v) is 6.72. The Bertz CT molecular complexity index is 1180. The zero-order chi connectivity index (χ0) is 24.2. The van der Waals surface area contributed by atoms with Crippen molar-refractivity contribution in [2.75, 3.05) is 11.4 Å². The second-order valence-corrected chi connectivity index (χ2v) is 9.41. The zero-order valence-corrected chi connectivity index (χ0v) is 19.8. The van der Waals surface area contributed by atoms with Crippen molar-refractivity contribution in [2.24, 2.45) is 0 Å². The third kappa shape index (κ3) is 5.32. The molecule has 1 unspecified atom stereocenters. The highest BCUT2D eigenvalue weighted by Crippen LogP contribution is 2.30. The van der Waals surface area contributed by atoms with E-state index in [1.54, 1.807) is 23.7 Å². The van der Waals surface area contributed by atoms with Gasteiger partial charge < -0.3 is 10.1 Å². The largest absolute Gasteiger partial charge is 0.445 e. The summed E-state index contributed by atoms with van der Waals surface area (Å²) in [6, 6.07) is 12.2. The lowest BCUT2D eigenvalue weighted by Gasteiger charge is -2.28. The Kier molecular flexibility index (Phi) is 6.71. The molecule has 3 heterocycles. The summed E-state index contributed by atoms with van der Waals surface area (Å²) < 4.78 is 5.49. The summed E-state index contributed by atoms with van der Waals surface area (Å²) in [5.74, 6) is -0.143. The van der Waals surface area contributed by atoms with E-state index in [2.05, 4.69) is 15.3 Å². The quantitative estimate of drug-likeness (QED) is 0.538. The second-order valence-electron chi connectivity index (χ2n) is 8.53. The van der Waals surface area contributed by atoms with Gasteiger partial charge >= 0.3 is 6.09 Å². The number of ether oxygens (including phenoxy) is 1. The third-order valence-electron chi connectivity index (χ3n) is 5.96. The fourth-order valence-corrected chi connectivity index (χ4v) is 4.63. The molecule has 2 fully saturated rings. The number of amides is 3. The monoisotopic (exact) mass is 491 g/mol. The van der Waals surface area contributed by atoms with Crippen molar-refractivity contribution < 1.29 is 19.1 Å². The maximum absolute atomic E-state index is 13.7. The Balaban J connectivity index is 1.33. The van der Waals surface area contributed by atoms with Crippen LogP contribution in [0, 0.1) is 0 Å². The van der Waals surface area contributed by atoms with Crippen LogP contribution in [0.15, 0.2) is 60.2 Å². The number of hydrogen-bond donors (Lipinski definition) is 1. The molecule has 1 N–H and O–H groups in total. The molecule has 1 aromatic carbocycles. The van der Waals surface area contributed by atoms with Crippen LogP contribution in [0.5, 0.6) is 0 Å². The topological polar surface area (TPSA) is 105 Å². The van der Waals surface area contributed by atoms with E-state index >= 15 is 0 Å². The minimum atomic E-state index is -0.693. The Morgan fingerprint density at radius 3 is 2.60 bits per heavy atom. The maximum Gasteiger partial charge on any atom is 0.410 e. The number of pyridine rings is 1. The normalized spacial score (nSPS) is 17.1. The molecule has 35 heavy (non-hydrogen) atoms. The Morgan fingerprint density at radius 2 is 1.91 bits per heavy atom. The molecule has 0 spiro atoms. The standard InChI is InChI=1S/C25H25N5O4S/c31-22(28-19-9-10-19)18-8-11-21(27-15-18)30(24-26-12-14-35-24)23(32)20-7-4-13-29(20)25(33)34-16-17-5-2-1-3-6-17/h1-3,5-6,8,11-12,14-15,19-20H,4,7,9-10,13,16H2,(H,28,31). The number of benzene rings is 1. The van der Waals surface area contributed by atoms with E-state index in [1.165, 1.54) is 27.3 Å². The highest BCUT2D eigenvalue weighted by molar-refractivity contribution is 7.13. The van der Waals surface area contributed by atoms with E-state index in [0.717, 1.165) is 18.4 Å². The first-order valence-electron chi connectivity index (χ1n) is 11.6. The second kappa shape index (κ2) is 10.2. The van der Waals surface area contributed by atoms with Gasteiger partial charge in [-0.3, -0.25) is 14.5 Å². The van der Waals surface area contributed by atoms with Gasteiger partial charge in [0.25, 0.3) is 11.8 Å². The average Bonchev–Trinajstić information content (AvgIpc) is 3.33. The molecule has 3 amide bonds. The van der Waals surface area contributed by atoms with Crippen LogP contribution >= 0.6 is 11.3 Å². The van der Waals surface area contributed by atoms with Gasteiger partial charge in [0, 0.05) is 30.4 Å². The van der Waals surface area contributed by atoms with E-state index in [1.807, 2.05) is 30.3 Å². The molecule has 1 saturated heterocycles. The summed E-state index contributed by atoms with van der Waals surface area (Å²) in [7, 11) is 0. The van der Waals surface area contributed by atoms with Crippen molar-refractivity contribution in [3.05, 3.63) is 71.4 Å². The Morgan fingerprint density at radius 1 is 1.09 bits per heavy atom. The molecule has 3 aromatic rings. The number of likely N-dealkylation sites (tertiary alicyclic amines) is 1. The first-order chi connectivity index (χ1) is 17.1. The van der Waals surface area contributed by atoms with Crippen molar-refractivity contribution in [1.82, 2.24) is 20.2 Å². The average molecular weight is 492 g/mol. The van der Waals surface area contributed by atoms with Gasteiger partial charge in [0.15, 0.2) is 5.13 Å². The van der Waals surface area contributed by atoms with E-state index in [9.17, 15) is 14.4 Å². The van der Waals surface area contributed by atoms with E-state index < -0.39 is 12.1 Å². The molecule has 180 valence electrons. The summed E-state index contributed by atoms with van der Waals surface area (Å²) in [6.07, 6.45) is 5.74. The summed E-state index contributed by atoms with van der Waals surface area (Å²) in [4.78, 5) is 50.5. The first-order valence-corrected chi connectivity index (χ1v) is 12.5.